The summed E-state index contributed by atoms with van der Waals surface area (Å²) in [6, 6.07) is 21.0. The number of rotatable bonds is 13. The summed E-state index contributed by atoms with van der Waals surface area (Å²) >= 11 is 0. The molecule has 4 rings (SSSR count). The molecule has 222 valence electrons. The van der Waals surface area contributed by atoms with E-state index in [0.29, 0.717) is 17.8 Å². The van der Waals surface area contributed by atoms with E-state index in [1.807, 2.05) is 60.9 Å². The number of hydrogen-bond acceptors (Lipinski definition) is 6. The van der Waals surface area contributed by atoms with E-state index in [9.17, 15) is 0 Å². The molecule has 44 heavy (non-hydrogen) atoms. The number of nitrogen functional groups attached to an aromatic ring is 1. The van der Waals surface area contributed by atoms with Crippen molar-refractivity contribution >= 4 is 17.5 Å². The predicted molar refractivity (Wildman–Crippen MR) is 187 cm³/mol. The second kappa shape index (κ2) is 15.7. The van der Waals surface area contributed by atoms with Crippen molar-refractivity contribution in [3.8, 4) is 33.4 Å². The van der Waals surface area contributed by atoms with Gasteiger partial charge in [0.25, 0.3) is 0 Å². The summed E-state index contributed by atoms with van der Waals surface area (Å²) in [7, 11) is 1.99. The summed E-state index contributed by atoms with van der Waals surface area (Å²) in [6.45, 7) is 9.96. The van der Waals surface area contributed by atoms with Gasteiger partial charge in [0.15, 0.2) is 0 Å². The van der Waals surface area contributed by atoms with Crippen LogP contribution < -0.4 is 11.5 Å². The van der Waals surface area contributed by atoms with Gasteiger partial charge in [0.1, 0.15) is 6.17 Å². The highest BCUT2D eigenvalue weighted by atomic mass is 15.2. The number of allylic oxidation sites excluding steroid dienone is 6. The highest BCUT2D eigenvalue weighted by Gasteiger charge is 2.12. The van der Waals surface area contributed by atoms with E-state index in [1.165, 1.54) is 0 Å². The standard InChI is InChI=1S/C38H40N6/c1-5-8-18-44(4)38(43-27-36(39)11-6-2)16-15-28(7-3)29-12-9-13-30(19-29)32-20-33(31-14-10-17-41-24-31)22-34(21-32)35-23-37(40)26-42-25-35/h5,7-15,17-27,38H,1,3,6,16,39-40H2,2,4H3/b18-8-,28-15+,36-11+,43-27-. The second-order valence-corrected chi connectivity index (χ2v) is 10.3. The Morgan fingerprint density at radius 1 is 0.886 bits per heavy atom. The Labute approximate surface area is 261 Å². The number of nitrogens with two attached hydrogens (primary N) is 2. The molecule has 2 heterocycles. The quantitative estimate of drug-likeness (QED) is 0.123. The van der Waals surface area contributed by atoms with Crippen molar-refractivity contribution in [2.45, 2.75) is 25.9 Å². The van der Waals surface area contributed by atoms with Crippen molar-refractivity contribution in [2.24, 2.45) is 10.7 Å². The fraction of sp³-hybridized carbons (Fsp3) is 0.132. The molecule has 0 spiro atoms. The lowest BCUT2D eigenvalue weighted by Gasteiger charge is -2.22. The third-order valence-electron chi connectivity index (χ3n) is 7.08. The topological polar surface area (TPSA) is 93.4 Å². The number of anilines is 1. The van der Waals surface area contributed by atoms with Crippen LogP contribution in [0.3, 0.4) is 0 Å². The van der Waals surface area contributed by atoms with E-state index in [0.717, 1.165) is 50.9 Å². The second-order valence-electron chi connectivity index (χ2n) is 10.3. The molecule has 0 aliphatic carbocycles. The molecule has 0 bridgehead atoms. The molecule has 2 aromatic heterocycles. The van der Waals surface area contributed by atoms with Gasteiger partial charge in [-0.15, -0.1) is 0 Å². The molecule has 4 aromatic rings. The van der Waals surface area contributed by atoms with Crippen molar-refractivity contribution in [1.82, 2.24) is 14.9 Å². The first-order valence-electron chi connectivity index (χ1n) is 14.6. The van der Waals surface area contributed by atoms with E-state index < -0.39 is 0 Å². The largest absolute Gasteiger partial charge is 0.398 e. The van der Waals surface area contributed by atoms with Gasteiger partial charge >= 0.3 is 0 Å². The smallest absolute Gasteiger partial charge is 0.123 e. The van der Waals surface area contributed by atoms with Gasteiger partial charge in [-0.25, -0.2) is 0 Å². The van der Waals surface area contributed by atoms with Crippen LogP contribution in [0.1, 0.15) is 25.3 Å². The van der Waals surface area contributed by atoms with Crippen LogP contribution in [0.15, 0.2) is 146 Å². The first kappa shape index (κ1) is 31.4. The minimum atomic E-state index is -0.154. The third-order valence-corrected chi connectivity index (χ3v) is 7.08. The Bertz CT molecular complexity index is 1700. The van der Waals surface area contributed by atoms with Gasteiger partial charge in [-0.05, 0) is 82.3 Å². The van der Waals surface area contributed by atoms with E-state index in [4.69, 9.17) is 16.5 Å². The monoisotopic (exact) mass is 580 g/mol. The zero-order valence-corrected chi connectivity index (χ0v) is 25.5. The Morgan fingerprint density at radius 2 is 1.61 bits per heavy atom. The van der Waals surface area contributed by atoms with E-state index in [1.54, 1.807) is 24.7 Å². The van der Waals surface area contributed by atoms with Crippen LogP contribution in [-0.4, -0.2) is 34.3 Å². The van der Waals surface area contributed by atoms with E-state index in [2.05, 4.69) is 84.7 Å². The molecule has 6 nitrogen and oxygen atoms in total. The normalized spacial score (nSPS) is 12.9. The molecular weight excluding hydrogens is 540 g/mol. The summed E-state index contributed by atoms with van der Waals surface area (Å²) < 4.78 is 0. The van der Waals surface area contributed by atoms with Crippen LogP contribution in [0.25, 0.3) is 39.0 Å². The number of hydrogen-bond donors (Lipinski definition) is 2. The van der Waals surface area contributed by atoms with Crippen LogP contribution in [0.5, 0.6) is 0 Å². The lowest BCUT2D eigenvalue weighted by atomic mass is 9.92. The van der Waals surface area contributed by atoms with Gasteiger partial charge in [0, 0.05) is 67.5 Å². The Hall–Kier alpha value is -5.49. The van der Waals surface area contributed by atoms with Gasteiger partial charge in [-0.1, -0.05) is 68.7 Å². The number of nitrogens with zero attached hydrogens (tertiary/aromatic N) is 4. The Kier molecular flexibility index (Phi) is 11.2. The average Bonchev–Trinajstić information content (AvgIpc) is 3.05. The average molecular weight is 581 g/mol. The molecule has 0 aliphatic rings. The number of aromatic nitrogens is 2. The lowest BCUT2D eigenvalue weighted by Crippen LogP contribution is -2.25. The third kappa shape index (κ3) is 8.52. The van der Waals surface area contributed by atoms with Crippen LogP contribution in [-0.2, 0) is 0 Å². The minimum Gasteiger partial charge on any atom is -0.398 e. The van der Waals surface area contributed by atoms with Crippen LogP contribution >= 0.6 is 0 Å². The SMILES string of the molecule is C=C/C=C\N(C)C(C/C=C(\C=C)c1cccc(-c2cc(-c3cccnc3)cc(-c3cncc(N)c3)c2)c1)/N=C\C(N)=C/CC. The maximum Gasteiger partial charge on any atom is 0.123 e. The van der Waals surface area contributed by atoms with Crippen molar-refractivity contribution in [1.29, 1.82) is 0 Å². The summed E-state index contributed by atoms with van der Waals surface area (Å²) in [5, 5.41) is 0. The van der Waals surface area contributed by atoms with Crippen molar-refractivity contribution in [3.63, 3.8) is 0 Å². The predicted octanol–water partition coefficient (Wildman–Crippen LogP) is 8.30. The summed E-state index contributed by atoms with van der Waals surface area (Å²) in [5.74, 6) is 0. The Morgan fingerprint density at radius 3 is 2.30 bits per heavy atom. The van der Waals surface area contributed by atoms with Crippen molar-refractivity contribution < 1.29 is 0 Å². The van der Waals surface area contributed by atoms with Crippen LogP contribution in [0, 0.1) is 0 Å². The molecule has 0 saturated heterocycles. The Balaban J connectivity index is 1.72. The van der Waals surface area contributed by atoms with Crippen LogP contribution in [0.2, 0.25) is 0 Å². The van der Waals surface area contributed by atoms with E-state index >= 15 is 0 Å². The number of aliphatic imine (C=N–C) groups is 1. The minimum absolute atomic E-state index is 0.154. The molecule has 0 fully saturated rings. The van der Waals surface area contributed by atoms with Gasteiger partial charge in [-0.2, -0.15) is 0 Å². The van der Waals surface area contributed by atoms with Crippen molar-refractivity contribution in [2.75, 3.05) is 12.8 Å². The van der Waals surface area contributed by atoms with Gasteiger partial charge in [-0.3, -0.25) is 15.0 Å². The highest BCUT2D eigenvalue weighted by molar-refractivity contribution is 5.83. The molecule has 0 saturated carbocycles. The van der Waals surface area contributed by atoms with Crippen LogP contribution in [0.4, 0.5) is 5.69 Å². The van der Waals surface area contributed by atoms with E-state index in [-0.39, 0.29) is 6.17 Å². The first-order chi connectivity index (χ1) is 21.4. The molecule has 0 aliphatic heterocycles. The maximum atomic E-state index is 6.10. The van der Waals surface area contributed by atoms with Gasteiger partial charge < -0.3 is 16.4 Å². The highest BCUT2D eigenvalue weighted by Crippen LogP contribution is 2.34. The fourth-order valence-corrected chi connectivity index (χ4v) is 4.80. The first-order valence-corrected chi connectivity index (χ1v) is 14.6. The maximum absolute atomic E-state index is 6.10. The van der Waals surface area contributed by atoms with Crippen molar-refractivity contribution in [3.05, 3.63) is 146 Å². The lowest BCUT2D eigenvalue weighted by molar-refractivity contribution is 0.343. The molecule has 0 radical (unpaired) electrons. The molecule has 1 atom stereocenters. The molecular formula is C38H40N6. The van der Waals surface area contributed by atoms with Gasteiger partial charge in [0.05, 0.1) is 5.69 Å². The summed E-state index contributed by atoms with van der Waals surface area (Å²) in [5.41, 5.74) is 21.8. The fourth-order valence-electron chi connectivity index (χ4n) is 4.80. The molecule has 0 amide bonds. The summed E-state index contributed by atoms with van der Waals surface area (Å²) in [4.78, 5) is 15.5. The summed E-state index contributed by atoms with van der Waals surface area (Å²) in [6.07, 6.45) is 21.8. The molecule has 4 N–H and O–H groups in total. The number of benzene rings is 2. The van der Waals surface area contributed by atoms with Gasteiger partial charge in [0.2, 0.25) is 0 Å². The molecule has 1 unspecified atom stereocenters. The molecule has 2 aromatic carbocycles. The number of pyridine rings is 2. The zero-order chi connectivity index (χ0) is 31.3. The zero-order valence-electron chi connectivity index (χ0n) is 25.5. The molecule has 6 heteroatoms.